The summed E-state index contributed by atoms with van der Waals surface area (Å²) >= 11 is 6.07. The molecule has 3 rings (SSSR count). The van der Waals surface area contributed by atoms with Gasteiger partial charge in [-0.25, -0.2) is 8.42 Å². The van der Waals surface area contributed by atoms with E-state index >= 15 is 0 Å². The van der Waals surface area contributed by atoms with Crippen LogP contribution in [0.5, 0.6) is 5.75 Å². The average Bonchev–Trinajstić information content (AvgIpc) is 2.74. The summed E-state index contributed by atoms with van der Waals surface area (Å²) in [6.07, 6.45) is 1.32. The molecule has 0 aromatic heterocycles. The Labute approximate surface area is 176 Å². The maximum atomic E-state index is 12.8. The molecule has 0 aliphatic carbocycles. The van der Waals surface area contributed by atoms with Gasteiger partial charge in [0, 0.05) is 18.1 Å². The van der Waals surface area contributed by atoms with Crippen molar-refractivity contribution in [2.45, 2.75) is 24.7 Å². The van der Waals surface area contributed by atoms with Crippen molar-refractivity contribution in [2.75, 3.05) is 26.2 Å². The van der Waals surface area contributed by atoms with Crippen molar-refractivity contribution in [1.82, 2.24) is 9.62 Å². The van der Waals surface area contributed by atoms with Crippen LogP contribution in [0.25, 0.3) is 0 Å². The third kappa shape index (κ3) is 5.50. The number of aryl methyl sites for hydroxylation is 1. The van der Waals surface area contributed by atoms with Crippen LogP contribution in [-0.2, 0) is 14.8 Å². The molecule has 0 bridgehead atoms. The Bertz CT molecular complexity index is 950. The van der Waals surface area contributed by atoms with Crippen molar-refractivity contribution in [3.8, 4) is 5.75 Å². The number of carbonyl (C=O) groups excluding carboxylic acids is 1. The van der Waals surface area contributed by atoms with Gasteiger partial charge in [0.05, 0.1) is 17.4 Å². The Hall–Kier alpha value is -2.09. The molecule has 29 heavy (non-hydrogen) atoms. The number of hydrogen-bond acceptors (Lipinski definition) is 4. The fourth-order valence-electron chi connectivity index (χ4n) is 3.27. The molecule has 0 spiro atoms. The number of rotatable bonds is 7. The van der Waals surface area contributed by atoms with Crippen LogP contribution in [0.2, 0.25) is 5.02 Å². The molecule has 2 aromatic rings. The van der Waals surface area contributed by atoms with Crippen molar-refractivity contribution < 1.29 is 17.9 Å². The molecule has 8 heteroatoms. The molecule has 0 unspecified atom stereocenters. The molecule has 1 aliphatic rings. The smallest absolute Gasteiger partial charge is 0.243 e. The number of hydrogen-bond donors (Lipinski definition) is 1. The average molecular weight is 437 g/mol. The minimum Gasteiger partial charge on any atom is -0.492 e. The van der Waals surface area contributed by atoms with E-state index < -0.39 is 10.0 Å². The third-order valence-corrected chi connectivity index (χ3v) is 7.24. The summed E-state index contributed by atoms with van der Waals surface area (Å²) in [5.41, 5.74) is 0.972. The number of benzene rings is 2. The van der Waals surface area contributed by atoms with Crippen LogP contribution in [0.3, 0.4) is 0 Å². The molecule has 1 atom stereocenters. The first-order valence-electron chi connectivity index (χ1n) is 9.60. The van der Waals surface area contributed by atoms with Gasteiger partial charge < -0.3 is 10.1 Å². The first-order chi connectivity index (χ1) is 13.9. The molecule has 1 fully saturated rings. The van der Waals surface area contributed by atoms with E-state index in [2.05, 4.69) is 5.32 Å². The number of sulfonamides is 1. The minimum absolute atomic E-state index is 0.150. The van der Waals surface area contributed by atoms with Crippen LogP contribution in [-0.4, -0.2) is 44.9 Å². The van der Waals surface area contributed by atoms with Crippen LogP contribution in [0.1, 0.15) is 18.4 Å². The van der Waals surface area contributed by atoms with E-state index in [1.165, 1.54) is 4.31 Å². The predicted molar refractivity (Wildman–Crippen MR) is 113 cm³/mol. The number of piperidine rings is 1. The highest BCUT2D eigenvalue weighted by molar-refractivity contribution is 7.89. The van der Waals surface area contributed by atoms with E-state index in [4.69, 9.17) is 16.3 Å². The number of halogens is 1. The van der Waals surface area contributed by atoms with E-state index in [0.717, 1.165) is 5.56 Å². The standard InChI is InChI=1S/C21H25ClN2O4S/c1-16-9-10-18(14-20(16)22)28-13-11-23-21(25)17-6-5-12-24(15-17)29(26,27)19-7-3-2-4-8-19/h2-4,7-10,14,17H,5-6,11-13,15H2,1H3,(H,23,25)/t17-/m0/s1. The van der Waals surface area contributed by atoms with Crippen LogP contribution < -0.4 is 10.1 Å². The molecule has 6 nitrogen and oxygen atoms in total. The van der Waals surface area contributed by atoms with Gasteiger partial charge in [-0.05, 0) is 49.6 Å². The van der Waals surface area contributed by atoms with E-state index in [0.29, 0.717) is 43.3 Å². The van der Waals surface area contributed by atoms with Crippen molar-refractivity contribution in [3.05, 3.63) is 59.1 Å². The molecule has 1 saturated heterocycles. The Morgan fingerprint density at radius 3 is 2.72 bits per heavy atom. The van der Waals surface area contributed by atoms with E-state index in [1.54, 1.807) is 36.4 Å². The molecule has 0 radical (unpaired) electrons. The van der Waals surface area contributed by atoms with E-state index in [9.17, 15) is 13.2 Å². The normalized spacial score (nSPS) is 17.7. The lowest BCUT2D eigenvalue weighted by Gasteiger charge is -2.31. The van der Waals surface area contributed by atoms with Crippen molar-refractivity contribution >= 4 is 27.5 Å². The van der Waals surface area contributed by atoms with Crippen molar-refractivity contribution in [3.63, 3.8) is 0 Å². The highest BCUT2D eigenvalue weighted by atomic mass is 35.5. The van der Waals surface area contributed by atoms with Crippen LogP contribution in [0.4, 0.5) is 0 Å². The Morgan fingerprint density at radius 1 is 1.24 bits per heavy atom. The zero-order valence-electron chi connectivity index (χ0n) is 16.3. The van der Waals surface area contributed by atoms with E-state index in [1.807, 2.05) is 19.1 Å². The molecule has 2 aromatic carbocycles. The molecule has 1 N–H and O–H groups in total. The summed E-state index contributed by atoms with van der Waals surface area (Å²) in [6, 6.07) is 13.8. The predicted octanol–water partition coefficient (Wildman–Crippen LogP) is 3.24. The number of ether oxygens (including phenoxy) is 1. The summed E-state index contributed by atoms with van der Waals surface area (Å²) in [6.45, 7) is 3.18. The monoisotopic (exact) mass is 436 g/mol. The van der Waals surface area contributed by atoms with Crippen LogP contribution in [0.15, 0.2) is 53.4 Å². The highest BCUT2D eigenvalue weighted by Crippen LogP contribution is 2.24. The molecular weight excluding hydrogens is 412 g/mol. The fraction of sp³-hybridized carbons (Fsp3) is 0.381. The lowest BCUT2D eigenvalue weighted by molar-refractivity contribution is -0.126. The SMILES string of the molecule is Cc1ccc(OCCNC(=O)[C@H]2CCCN(S(=O)(=O)c3ccccc3)C2)cc1Cl. The number of nitrogens with one attached hydrogen (secondary N) is 1. The topological polar surface area (TPSA) is 75.7 Å². The first kappa shape index (κ1) is 21.6. The van der Waals surface area contributed by atoms with Crippen LogP contribution >= 0.6 is 11.6 Å². The summed E-state index contributed by atoms with van der Waals surface area (Å²) in [7, 11) is -3.58. The number of carbonyl (C=O) groups is 1. The number of amides is 1. The Balaban J connectivity index is 1.50. The summed E-state index contributed by atoms with van der Waals surface area (Å²) < 4.78 is 32.6. The highest BCUT2D eigenvalue weighted by Gasteiger charge is 2.33. The maximum Gasteiger partial charge on any atom is 0.243 e. The second-order valence-electron chi connectivity index (χ2n) is 7.07. The lowest BCUT2D eigenvalue weighted by atomic mass is 9.99. The van der Waals surface area contributed by atoms with Gasteiger partial charge in [0.25, 0.3) is 0 Å². The lowest BCUT2D eigenvalue weighted by Crippen LogP contribution is -2.45. The Kier molecular flexibility index (Phi) is 7.16. The van der Waals surface area contributed by atoms with Gasteiger partial charge in [-0.3, -0.25) is 4.79 Å². The quantitative estimate of drug-likeness (QED) is 0.676. The summed E-state index contributed by atoms with van der Waals surface area (Å²) in [5, 5.41) is 3.47. The number of nitrogens with zero attached hydrogens (tertiary/aromatic N) is 1. The zero-order valence-corrected chi connectivity index (χ0v) is 17.9. The van der Waals surface area contributed by atoms with Gasteiger partial charge in [-0.2, -0.15) is 4.31 Å². The zero-order chi connectivity index (χ0) is 20.9. The van der Waals surface area contributed by atoms with Gasteiger partial charge in [-0.15, -0.1) is 0 Å². The fourth-order valence-corrected chi connectivity index (χ4v) is 4.98. The molecule has 1 heterocycles. The minimum atomic E-state index is -3.58. The summed E-state index contributed by atoms with van der Waals surface area (Å²) in [4.78, 5) is 12.8. The van der Waals surface area contributed by atoms with Crippen molar-refractivity contribution in [1.29, 1.82) is 0 Å². The van der Waals surface area contributed by atoms with Gasteiger partial charge in [-0.1, -0.05) is 35.9 Å². The first-order valence-corrected chi connectivity index (χ1v) is 11.4. The molecule has 1 aliphatic heterocycles. The molecule has 156 valence electrons. The second kappa shape index (κ2) is 9.61. The molecular formula is C21H25ClN2O4S. The second-order valence-corrected chi connectivity index (χ2v) is 9.41. The molecule has 1 amide bonds. The van der Waals surface area contributed by atoms with Gasteiger partial charge >= 0.3 is 0 Å². The van der Waals surface area contributed by atoms with E-state index in [-0.39, 0.29) is 23.3 Å². The molecule has 0 saturated carbocycles. The van der Waals surface area contributed by atoms with Crippen LogP contribution in [0, 0.1) is 12.8 Å². The van der Waals surface area contributed by atoms with Gasteiger partial charge in [0.1, 0.15) is 12.4 Å². The van der Waals surface area contributed by atoms with Gasteiger partial charge in [0.2, 0.25) is 15.9 Å². The maximum absolute atomic E-state index is 12.8. The summed E-state index contributed by atoms with van der Waals surface area (Å²) in [5.74, 6) is 0.132. The van der Waals surface area contributed by atoms with Crippen molar-refractivity contribution in [2.24, 2.45) is 5.92 Å². The Morgan fingerprint density at radius 2 is 2.00 bits per heavy atom. The van der Waals surface area contributed by atoms with Gasteiger partial charge in [0.15, 0.2) is 0 Å². The largest absolute Gasteiger partial charge is 0.492 e. The third-order valence-electron chi connectivity index (χ3n) is 4.95.